The summed E-state index contributed by atoms with van der Waals surface area (Å²) in [6, 6.07) is 7.04. The smallest absolute Gasteiger partial charge is 0.168 e. The zero-order valence-electron chi connectivity index (χ0n) is 13.7. The van der Waals surface area contributed by atoms with Crippen molar-refractivity contribution >= 4 is 16.9 Å². The molecule has 2 heterocycles. The molecule has 1 aliphatic carbocycles. The molecule has 0 amide bonds. The minimum atomic E-state index is -0.317. The van der Waals surface area contributed by atoms with E-state index < -0.39 is 0 Å². The first-order valence-corrected chi connectivity index (χ1v) is 8.46. The van der Waals surface area contributed by atoms with Crippen molar-refractivity contribution in [1.29, 1.82) is 0 Å². The lowest BCUT2D eigenvalue weighted by Gasteiger charge is -2.23. The second-order valence-corrected chi connectivity index (χ2v) is 6.35. The highest BCUT2D eigenvalue weighted by atomic mass is 19.1. The number of aryl methyl sites for hydroxylation is 1. The van der Waals surface area contributed by atoms with Crippen LogP contribution in [0.3, 0.4) is 0 Å². The largest absolute Gasteiger partial charge is 0.367 e. The first-order valence-electron chi connectivity index (χ1n) is 8.46. The Morgan fingerprint density at radius 1 is 1.12 bits per heavy atom. The van der Waals surface area contributed by atoms with E-state index >= 15 is 0 Å². The van der Waals surface area contributed by atoms with E-state index in [1.54, 1.807) is 22.9 Å². The number of nitrogens with zero attached hydrogens (tertiary/aromatic N) is 4. The van der Waals surface area contributed by atoms with Crippen molar-refractivity contribution < 1.29 is 4.39 Å². The zero-order chi connectivity index (χ0) is 16.5. The number of anilines is 1. The van der Waals surface area contributed by atoms with Crippen molar-refractivity contribution in [2.24, 2.45) is 0 Å². The molecule has 5 nitrogen and oxygen atoms in total. The molecule has 1 N–H and O–H groups in total. The number of hydrogen-bond donors (Lipinski definition) is 1. The van der Waals surface area contributed by atoms with Crippen LogP contribution in [0.5, 0.6) is 0 Å². The first-order chi connectivity index (χ1) is 11.7. The predicted molar refractivity (Wildman–Crippen MR) is 91.9 cm³/mol. The third-order valence-corrected chi connectivity index (χ3v) is 4.67. The van der Waals surface area contributed by atoms with E-state index in [2.05, 4.69) is 20.4 Å². The fourth-order valence-corrected chi connectivity index (χ4v) is 3.46. The molecule has 4 rings (SSSR count). The molecule has 0 atom stereocenters. The van der Waals surface area contributed by atoms with Crippen molar-refractivity contribution in [2.45, 2.75) is 45.1 Å². The second kappa shape index (κ2) is 6.19. The van der Waals surface area contributed by atoms with E-state index in [4.69, 9.17) is 0 Å². The van der Waals surface area contributed by atoms with Crippen molar-refractivity contribution in [3.05, 3.63) is 42.1 Å². The molecule has 6 heteroatoms. The molecule has 0 unspecified atom stereocenters. The van der Waals surface area contributed by atoms with Crippen molar-refractivity contribution in [2.75, 3.05) is 5.32 Å². The number of nitrogens with one attached hydrogen (secondary N) is 1. The normalized spacial score (nSPS) is 15.8. The van der Waals surface area contributed by atoms with Gasteiger partial charge in [-0.1, -0.05) is 31.4 Å². The van der Waals surface area contributed by atoms with Crippen LogP contribution in [0.2, 0.25) is 0 Å². The molecule has 0 saturated heterocycles. The molecule has 2 aromatic heterocycles. The van der Waals surface area contributed by atoms with Crippen molar-refractivity contribution in [3.63, 3.8) is 0 Å². The minimum absolute atomic E-state index is 0.317. The summed E-state index contributed by atoms with van der Waals surface area (Å²) >= 11 is 0. The van der Waals surface area contributed by atoms with Gasteiger partial charge in [0.2, 0.25) is 0 Å². The van der Waals surface area contributed by atoms with Crippen LogP contribution in [-0.4, -0.2) is 25.8 Å². The fraction of sp³-hybridized carbons (Fsp3) is 0.389. The highest BCUT2D eigenvalue weighted by Crippen LogP contribution is 2.28. The molecule has 124 valence electrons. The lowest BCUT2D eigenvalue weighted by atomic mass is 9.95. The zero-order valence-corrected chi connectivity index (χ0v) is 13.7. The number of aromatic nitrogens is 4. The second-order valence-electron chi connectivity index (χ2n) is 6.35. The van der Waals surface area contributed by atoms with Crippen LogP contribution in [0, 0.1) is 12.7 Å². The van der Waals surface area contributed by atoms with Gasteiger partial charge >= 0.3 is 0 Å². The molecule has 24 heavy (non-hydrogen) atoms. The Bertz CT molecular complexity index is 867. The van der Waals surface area contributed by atoms with E-state index in [9.17, 15) is 4.39 Å². The average molecular weight is 325 g/mol. The number of fused-ring (bicyclic) bond motifs is 1. The van der Waals surface area contributed by atoms with Gasteiger partial charge in [-0.05, 0) is 31.9 Å². The summed E-state index contributed by atoms with van der Waals surface area (Å²) in [5.41, 5.74) is 1.83. The molecule has 0 spiro atoms. The Balaban J connectivity index is 1.79. The molecule has 0 bridgehead atoms. The van der Waals surface area contributed by atoms with Crippen LogP contribution in [0.1, 0.15) is 37.8 Å². The van der Waals surface area contributed by atoms with Crippen LogP contribution >= 0.6 is 0 Å². The van der Waals surface area contributed by atoms with Gasteiger partial charge in [0.1, 0.15) is 23.6 Å². The maximum atomic E-state index is 14.2. The van der Waals surface area contributed by atoms with Gasteiger partial charge in [-0.25, -0.2) is 19.0 Å². The molecular weight excluding hydrogens is 305 g/mol. The molecule has 0 radical (unpaired) electrons. The average Bonchev–Trinajstić information content (AvgIpc) is 2.94. The van der Waals surface area contributed by atoms with E-state index in [1.807, 2.05) is 6.92 Å². The van der Waals surface area contributed by atoms with Gasteiger partial charge in [-0.3, -0.25) is 0 Å². The maximum absolute atomic E-state index is 14.2. The standard InChI is InChI=1S/C18H20FN5/c1-12-16-17(22-13-7-3-2-4-8-13)20-11-21-18(16)24(23-12)15-10-6-5-9-14(15)19/h5-6,9-11,13H,2-4,7-8H2,1H3,(H,20,21,22). The number of para-hydroxylation sites is 1. The summed E-state index contributed by atoms with van der Waals surface area (Å²) in [7, 11) is 0. The molecule has 1 aliphatic rings. The van der Waals surface area contributed by atoms with Crippen LogP contribution in [-0.2, 0) is 0 Å². The van der Waals surface area contributed by atoms with Crippen LogP contribution in [0.4, 0.5) is 10.2 Å². The Hall–Kier alpha value is -2.50. The van der Waals surface area contributed by atoms with E-state index in [0.717, 1.165) is 29.7 Å². The SMILES string of the molecule is Cc1nn(-c2ccccc2F)c2ncnc(NC3CCCCC3)c12. The van der Waals surface area contributed by atoms with Gasteiger partial charge < -0.3 is 5.32 Å². The van der Waals surface area contributed by atoms with E-state index in [1.165, 1.54) is 31.7 Å². The third kappa shape index (κ3) is 2.62. The Morgan fingerprint density at radius 2 is 1.92 bits per heavy atom. The first kappa shape index (κ1) is 15.1. The monoisotopic (exact) mass is 325 g/mol. The molecular formula is C18H20FN5. The Morgan fingerprint density at radius 3 is 2.71 bits per heavy atom. The van der Waals surface area contributed by atoms with E-state index in [-0.39, 0.29) is 5.82 Å². The number of halogens is 1. The van der Waals surface area contributed by atoms with Crippen LogP contribution in [0.25, 0.3) is 16.7 Å². The highest BCUT2D eigenvalue weighted by Gasteiger charge is 2.20. The lowest BCUT2D eigenvalue weighted by Crippen LogP contribution is -2.23. The van der Waals surface area contributed by atoms with Gasteiger partial charge in [0.15, 0.2) is 5.65 Å². The summed E-state index contributed by atoms with van der Waals surface area (Å²) in [6.07, 6.45) is 7.64. The minimum Gasteiger partial charge on any atom is -0.367 e. The number of benzene rings is 1. The molecule has 1 saturated carbocycles. The highest BCUT2D eigenvalue weighted by molar-refractivity contribution is 5.90. The Kier molecular flexibility index (Phi) is 3.88. The topological polar surface area (TPSA) is 55.6 Å². The Labute approximate surface area is 139 Å². The van der Waals surface area contributed by atoms with Crippen molar-refractivity contribution in [3.8, 4) is 5.69 Å². The quantitative estimate of drug-likeness (QED) is 0.790. The van der Waals surface area contributed by atoms with Gasteiger partial charge in [-0.2, -0.15) is 5.10 Å². The van der Waals surface area contributed by atoms with Gasteiger partial charge in [0.05, 0.1) is 11.1 Å². The summed E-state index contributed by atoms with van der Waals surface area (Å²) < 4.78 is 15.7. The van der Waals surface area contributed by atoms with E-state index in [0.29, 0.717) is 17.4 Å². The summed E-state index contributed by atoms with van der Waals surface area (Å²) in [5, 5.41) is 8.92. The van der Waals surface area contributed by atoms with Gasteiger partial charge in [0, 0.05) is 6.04 Å². The molecule has 3 aromatic rings. The predicted octanol–water partition coefficient (Wildman–Crippen LogP) is 4.01. The van der Waals surface area contributed by atoms with Crippen molar-refractivity contribution in [1.82, 2.24) is 19.7 Å². The summed E-state index contributed by atoms with van der Waals surface area (Å²) in [5.74, 6) is 0.481. The number of rotatable bonds is 3. The molecule has 1 aromatic carbocycles. The number of hydrogen-bond acceptors (Lipinski definition) is 4. The van der Waals surface area contributed by atoms with Gasteiger partial charge in [-0.15, -0.1) is 0 Å². The molecule has 1 fully saturated rings. The summed E-state index contributed by atoms with van der Waals surface area (Å²) in [4.78, 5) is 8.78. The summed E-state index contributed by atoms with van der Waals surface area (Å²) in [6.45, 7) is 1.91. The maximum Gasteiger partial charge on any atom is 0.168 e. The fourth-order valence-electron chi connectivity index (χ4n) is 3.46. The van der Waals surface area contributed by atoms with Gasteiger partial charge in [0.25, 0.3) is 0 Å². The lowest BCUT2D eigenvalue weighted by molar-refractivity contribution is 0.462. The third-order valence-electron chi connectivity index (χ3n) is 4.67. The van der Waals surface area contributed by atoms with Crippen LogP contribution < -0.4 is 5.32 Å². The van der Waals surface area contributed by atoms with Crippen LogP contribution in [0.15, 0.2) is 30.6 Å². The molecule has 0 aliphatic heterocycles.